The smallest absolute Gasteiger partial charge is 0.105 e. The number of benzene rings is 1. The number of nitrogens with two attached hydrogens (primary N) is 1. The Balaban J connectivity index is 2.92. The van der Waals surface area contributed by atoms with Crippen LogP contribution in [0.5, 0.6) is 0 Å². The van der Waals surface area contributed by atoms with Crippen molar-refractivity contribution in [2.75, 3.05) is 6.54 Å². The van der Waals surface area contributed by atoms with Crippen molar-refractivity contribution in [3.63, 3.8) is 0 Å². The van der Waals surface area contributed by atoms with E-state index in [9.17, 15) is 10.2 Å². The van der Waals surface area contributed by atoms with Crippen LogP contribution in [-0.2, 0) is 0 Å². The van der Waals surface area contributed by atoms with Gasteiger partial charge in [-0.3, -0.25) is 0 Å². The Labute approximate surface area is 104 Å². The van der Waals surface area contributed by atoms with E-state index >= 15 is 0 Å². The molecule has 2 atom stereocenters. The second-order valence-electron chi connectivity index (χ2n) is 5.46. The summed E-state index contributed by atoms with van der Waals surface area (Å²) in [5, 5.41) is 21.1. The van der Waals surface area contributed by atoms with Gasteiger partial charge in [-0.25, -0.2) is 0 Å². The molecule has 0 aliphatic heterocycles. The molecule has 1 rings (SSSR count). The minimum absolute atomic E-state index is 0.381. The molecule has 1 aromatic rings. The molecule has 0 bridgehead atoms. The maximum Gasteiger partial charge on any atom is 0.105 e. The van der Waals surface area contributed by atoms with Gasteiger partial charge in [-0.1, -0.05) is 49.1 Å². The van der Waals surface area contributed by atoms with Crippen molar-refractivity contribution >= 4 is 13.3 Å². The van der Waals surface area contributed by atoms with E-state index in [0.29, 0.717) is 13.0 Å². The van der Waals surface area contributed by atoms with Crippen LogP contribution in [0, 0.1) is 0 Å². The Kier molecular flexibility index (Phi) is 4.88. The van der Waals surface area contributed by atoms with Crippen LogP contribution in [0.25, 0.3) is 0 Å². The Morgan fingerprint density at radius 1 is 1.24 bits per heavy atom. The molecule has 3 nitrogen and oxygen atoms in total. The second kappa shape index (κ2) is 5.77. The summed E-state index contributed by atoms with van der Waals surface area (Å²) in [5.74, 6) is 0. The lowest BCUT2D eigenvalue weighted by Gasteiger charge is -2.21. The van der Waals surface area contributed by atoms with Gasteiger partial charge in [-0.15, -0.1) is 0 Å². The average Bonchev–Trinajstić information content (AvgIpc) is 2.27. The molecule has 0 amide bonds. The zero-order chi connectivity index (χ0) is 13.1. The molecule has 0 spiro atoms. The molecule has 0 fully saturated rings. The quantitative estimate of drug-likeness (QED) is 0.685. The van der Waals surface area contributed by atoms with Gasteiger partial charge in [-0.2, -0.15) is 0 Å². The summed E-state index contributed by atoms with van der Waals surface area (Å²) in [5.41, 5.74) is 6.16. The van der Waals surface area contributed by atoms with Gasteiger partial charge in [0.15, 0.2) is 0 Å². The highest BCUT2D eigenvalue weighted by atomic mass is 28.3. The van der Waals surface area contributed by atoms with Crippen LogP contribution in [0.15, 0.2) is 24.3 Å². The number of hydrogen-bond donors (Lipinski definition) is 3. The molecule has 4 heteroatoms. The molecule has 0 aromatic heterocycles. The van der Waals surface area contributed by atoms with Crippen molar-refractivity contribution in [2.24, 2.45) is 5.73 Å². The van der Waals surface area contributed by atoms with E-state index in [4.69, 9.17) is 5.73 Å². The van der Waals surface area contributed by atoms with Gasteiger partial charge in [0.1, 0.15) is 6.10 Å². The third kappa shape index (κ3) is 3.92. The van der Waals surface area contributed by atoms with Crippen LogP contribution < -0.4 is 10.9 Å². The Bertz CT molecular complexity index is 363. The van der Waals surface area contributed by atoms with E-state index in [-0.39, 0.29) is 0 Å². The Morgan fingerprint density at radius 2 is 1.88 bits per heavy atom. The molecule has 4 N–H and O–H groups in total. The van der Waals surface area contributed by atoms with Crippen molar-refractivity contribution in [3.05, 3.63) is 29.8 Å². The highest BCUT2D eigenvalue weighted by Gasteiger charge is 2.21. The standard InChI is InChI=1S/C13H23NO2Si/c1-17(2,3)11-6-4-5-10(9-11)13(16)12(15)7-8-14/h4-6,9,12-13,15-16H,7-8,14H2,1-3H3. The molecule has 2 unspecified atom stereocenters. The van der Waals surface area contributed by atoms with Gasteiger partial charge >= 0.3 is 0 Å². The molecule has 0 aliphatic carbocycles. The van der Waals surface area contributed by atoms with Crippen molar-refractivity contribution in [1.82, 2.24) is 0 Å². The summed E-state index contributed by atoms with van der Waals surface area (Å²) in [6, 6.07) is 7.91. The largest absolute Gasteiger partial charge is 0.390 e. The normalized spacial score (nSPS) is 15.6. The number of aliphatic hydroxyl groups is 2. The fraction of sp³-hybridized carbons (Fsp3) is 0.538. The SMILES string of the molecule is C[Si](C)(C)c1cccc(C(O)C(O)CCN)c1. The summed E-state index contributed by atoms with van der Waals surface area (Å²) in [6.45, 7) is 7.16. The highest BCUT2D eigenvalue weighted by Crippen LogP contribution is 2.18. The molecular weight excluding hydrogens is 230 g/mol. The van der Waals surface area contributed by atoms with E-state index in [1.54, 1.807) is 0 Å². The van der Waals surface area contributed by atoms with E-state index in [2.05, 4.69) is 25.7 Å². The predicted octanol–water partition coefficient (Wildman–Crippen LogP) is 0.975. The summed E-state index contributed by atoms with van der Waals surface area (Å²) >= 11 is 0. The Hall–Kier alpha value is -0.683. The fourth-order valence-electron chi connectivity index (χ4n) is 1.74. The maximum absolute atomic E-state index is 10.0. The first kappa shape index (κ1) is 14.4. The van der Waals surface area contributed by atoms with Gasteiger partial charge in [0, 0.05) is 0 Å². The molecule has 0 heterocycles. The van der Waals surface area contributed by atoms with Gasteiger partial charge in [0.25, 0.3) is 0 Å². The van der Waals surface area contributed by atoms with Crippen LogP contribution >= 0.6 is 0 Å². The van der Waals surface area contributed by atoms with E-state index in [1.807, 2.05) is 18.2 Å². The van der Waals surface area contributed by atoms with Gasteiger partial charge in [0.05, 0.1) is 14.2 Å². The van der Waals surface area contributed by atoms with Gasteiger partial charge < -0.3 is 15.9 Å². The summed E-state index contributed by atoms with van der Waals surface area (Å²) in [7, 11) is -1.38. The highest BCUT2D eigenvalue weighted by molar-refractivity contribution is 6.88. The lowest BCUT2D eigenvalue weighted by Crippen LogP contribution is -2.38. The van der Waals surface area contributed by atoms with E-state index in [1.165, 1.54) is 5.19 Å². The molecule has 0 aliphatic rings. The molecule has 17 heavy (non-hydrogen) atoms. The monoisotopic (exact) mass is 253 g/mol. The van der Waals surface area contributed by atoms with Crippen molar-refractivity contribution in [3.8, 4) is 0 Å². The topological polar surface area (TPSA) is 66.5 Å². The molecule has 0 radical (unpaired) electrons. The van der Waals surface area contributed by atoms with Gasteiger partial charge in [0.2, 0.25) is 0 Å². The van der Waals surface area contributed by atoms with Gasteiger partial charge in [-0.05, 0) is 18.5 Å². The minimum atomic E-state index is -1.38. The molecule has 1 aromatic carbocycles. The average molecular weight is 253 g/mol. The third-order valence-electron chi connectivity index (χ3n) is 2.92. The first-order valence-corrected chi connectivity index (χ1v) is 9.53. The Morgan fingerprint density at radius 3 is 2.41 bits per heavy atom. The fourth-order valence-corrected chi connectivity index (χ4v) is 2.94. The first-order valence-electron chi connectivity index (χ1n) is 6.03. The van der Waals surface area contributed by atoms with Crippen molar-refractivity contribution in [2.45, 2.75) is 38.3 Å². The van der Waals surface area contributed by atoms with Crippen LogP contribution in [0.3, 0.4) is 0 Å². The predicted molar refractivity (Wildman–Crippen MR) is 74.1 cm³/mol. The summed E-state index contributed by atoms with van der Waals surface area (Å²) in [4.78, 5) is 0. The molecule has 96 valence electrons. The minimum Gasteiger partial charge on any atom is -0.390 e. The lowest BCUT2D eigenvalue weighted by atomic mass is 10.0. The maximum atomic E-state index is 10.0. The molecular formula is C13H23NO2Si. The first-order chi connectivity index (χ1) is 7.86. The van der Waals surface area contributed by atoms with Crippen LogP contribution in [-0.4, -0.2) is 30.9 Å². The van der Waals surface area contributed by atoms with Crippen molar-refractivity contribution < 1.29 is 10.2 Å². The zero-order valence-electron chi connectivity index (χ0n) is 10.9. The van der Waals surface area contributed by atoms with E-state index in [0.717, 1.165) is 5.56 Å². The summed E-state index contributed by atoms with van der Waals surface area (Å²) < 4.78 is 0. The number of hydrogen-bond acceptors (Lipinski definition) is 3. The van der Waals surface area contributed by atoms with Crippen molar-refractivity contribution in [1.29, 1.82) is 0 Å². The molecule has 0 saturated heterocycles. The lowest BCUT2D eigenvalue weighted by molar-refractivity contribution is 0.0151. The number of rotatable bonds is 5. The van der Waals surface area contributed by atoms with E-state index < -0.39 is 20.3 Å². The number of aliphatic hydroxyl groups excluding tert-OH is 2. The van der Waals surface area contributed by atoms with Crippen LogP contribution in [0.1, 0.15) is 18.1 Å². The second-order valence-corrected chi connectivity index (χ2v) is 10.5. The third-order valence-corrected chi connectivity index (χ3v) is 4.96. The molecule has 0 saturated carbocycles. The summed E-state index contributed by atoms with van der Waals surface area (Å²) in [6.07, 6.45) is -1.20. The van der Waals surface area contributed by atoms with Crippen LogP contribution in [0.2, 0.25) is 19.6 Å². The zero-order valence-corrected chi connectivity index (χ0v) is 11.9. The van der Waals surface area contributed by atoms with Crippen LogP contribution in [0.4, 0.5) is 0 Å².